The summed E-state index contributed by atoms with van der Waals surface area (Å²) in [6, 6.07) is 7.84. The third-order valence-electron chi connectivity index (χ3n) is 4.12. The minimum Gasteiger partial charge on any atom is -0.454 e. The summed E-state index contributed by atoms with van der Waals surface area (Å²) in [7, 11) is 0. The van der Waals surface area contributed by atoms with E-state index in [0.717, 1.165) is 39.5 Å². The summed E-state index contributed by atoms with van der Waals surface area (Å²) in [6.07, 6.45) is 3.81. The lowest BCUT2D eigenvalue weighted by Crippen LogP contribution is -2.09. The highest BCUT2D eigenvalue weighted by molar-refractivity contribution is 7.22. The fraction of sp³-hybridized carbons (Fsp3) is 0.176. The van der Waals surface area contributed by atoms with Crippen LogP contribution < -0.4 is 14.8 Å². The molecule has 4 aromatic rings. The zero-order valence-corrected chi connectivity index (χ0v) is 15.5. The summed E-state index contributed by atoms with van der Waals surface area (Å²) in [5.41, 5.74) is 1.15. The maximum Gasteiger partial charge on any atom is 0.255 e. The van der Waals surface area contributed by atoms with E-state index in [2.05, 4.69) is 25.4 Å². The molecule has 0 fully saturated rings. The number of anilines is 1. The van der Waals surface area contributed by atoms with Crippen LogP contribution in [0.3, 0.4) is 0 Å². The lowest BCUT2D eigenvalue weighted by Gasteiger charge is -2.09. The molecule has 0 bridgehead atoms. The number of rotatable bonds is 5. The van der Waals surface area contributed by atoms with Crippen molar-refractivity contribution in [2.45, 2.75) is 6.42 Å². The van der Waals surface area contributed by atoms with E-state index < -0.39 is 0 Å². The molecule has 0 saturated carbocycles. The first-order valence-corrected chi connectivity index (χ1v) is 9.40. The van der Waals surface area contributed by atoms with Gasteiger partial charge in [0.15, 0.2) is 11.5 Å². The molecule has 0 radical (unpaired) electrons. The van der Waals surface area contributed by atoms with E-state index in [4.69, 9.17) is 21.1 Å². The molecule has 0 spiro atoms. The van der Waals surface area contributed by atoms with Gasteiger partial charge in [-0.3, -0.25) is 0 Å². The predicted molar refractivity (Wildman–Crippen MR) is 102 cm³/mol. The van der Waals surface area contributed by atoms with Gasteiger partial charge < -0.3 is 14.8 Å². The number of nitrogens with one attached hydrogen (secondary N) is 1. The fourth-order valence-electron chi connectivity index (χ4n) is 2.85. The van der Waals surface area contributed by atoms with E-state index in [0.29, 0.717) is 16.8 Å². The molecule has 8 nitrogen and oxygen atoms in total. The Morgan fingerprint density at radius 1 is 1.19 bits per heavy atom. The number of ether oxygens (including phenoxy) is 2. The minimum atomic E-state index is 0.278. The number of halogens is 1. The van der Waals surface area contributed by atoms with Crippen molar-refractivity contribution in [2.24, 2.45) is 0 Å². The third-order valence-corrected chi connectivity index (χ3v) is 5.28. The highest BCUT2D eigenvalue weighted by atomic mass is 35.5. The average Bonchev–Trinajstić information content (AvgIpc) is 3.41. The molecular weight excluding hydrogens is 388 g/mol. The van der Waals surface area contributed by atoms with Gasteiger partial charge in [-0.25, -0.2) is 4.98 Å². The lowest BCUT2D eigenvalue weighted by molar-refractivity contribution is 0.174. The fourth-order valence-corrected chi connectivity index (χ4v) is 3.93. The number of aromatic nitrogens is 5. The Morgan fingerprint density at radius 3 is 3.00 bits per heavy atom. The second kappa shape index (κ2) is 6.67. The summed E-state index contributed by atoms with van der Waals surface area (Å²) in [4.78, 5) is 13.9. The normalized spacial score (nSPS) is 12.6. The molecule has 1 N–H and O–H groups in total. The Hall–Kier alpha value is -2.91. The van der Waals surface area contributed by atoms with Crippen molar-refractivity contribution in [1.29, 1.82) is 0 Å². The summed E-state index contributed by atoms with van der Waals surface area (Å²) < 4.78 is 13.0. The van der Waals surface area contributed by atoms with Gasteiger partial charge in [-0.2, -0.15) is 19.7 Å². The molecule has 0 aliphatic carbocycles. The molecule has 5 rings (SSSR count). The van der Waals surface area contributed by atoms with Crippen LogP contribution in [0.15, 0.2) is 36.9 Å². The Labute approximate surface area is 162 Å². The van der Waals surface area contributed by atoms with Crippen molar-refractivity contribution >= 4 is 39.0 Å². The van der Waals surface area contributed by atoms with Crippen LogP contribution >= 0.6 is 22.9 Å². The molecule has 4 heterocycles. The number of nitrogens with zero attached hydrogens (tertiary/aromatic N) is 5. The minimum absolute atomic E-state index is 0.278. The summed E-state index contributed by atoms with van der Waals surface area (Å²) in [5.74, 6) is 2.74. The number of fused-ring (bicyclic) bond motifs is 2. The van der Waals surface area contributed by atoms with Crippen LogP contribution in [0.1, 0.15) is 5.56 Å². The molecule has 1 aromatic carbocycles. The van der Waals surface area contributed by atoms with Crippen molar-refractivity contribution in [3.05, 3.63) is 46.8 Å². The number of thiophene rings is 1. The Bertz CT molecular complexity index is 1110. The number of hydrogen-bond acceptors (Lipinski definition) is 8. The lowest BCUT2D eigenvalue weighted by atomic mass is 10.1. The number of benzene rings is 1. The zero-order chi connectivity index (χ0) is 18.2. The second-order valence-electron chi connectivity index (χ2n) is 5.85. The van der Waals surface area contributed by atoms with Crippen LogP contribution in [0, 0.1) is 0 Å². The van der Waals surface area contributed by atoms with Crippen molar-refractivity contribution in [3.8, 4) is 17.4 Å². The van der Waals surface area contributed by atoms with Gasteiger partial charge in [0, 0.05) is 6.54 Å². The van der Waals surface area contributed by atoms with E-state index in [9.17, 15) is 0 Å². The number of hydrogen-bond donors (Lipinski definition) is 1. The highest BCUT2D eigenvalue weighted by Crippen LogP contribution is 2.34. The maximum absolute atomic E-state index is 6.18. The molecule has 136 valence electrons. The SMILES string of the molecule is Clc1cc2c(NCCc3ccc4c(c3)OCO4)nc(-n3cncn3)nc2s1. The van der Waals surface area contributed by atoms with Crippen molar-refractivity contribution < 1.29 is 9.47 Å². The third kappa shape index (κ3) is 3.15. The Kier molecular flexibility index (Phi) is 4.02. The molecule has 0 saturated heterocycles. The van der Waals surface area contributed by atoms with Crippen molar-refractivity contribution in [3.63, 3.8) is 0 Å². The van der Waals surface area contributed by atoms with E-state index in [1.54, 1.807) is 6.33 Å². The van der Waals surface area contributed by atoms with Gasteiger partial charge in [-0.05, 0) is 30.2 Å². The predicted octanol–water partition coefficient (Wildman–Crippen LogP) is 3.31. The van der Waals surface area contributed by atoms with Crippen LogP contribution in [0.4, 0.5) is 5.82 Å². The van der Waals surface area contributed by atoms with E-state index in [1.807, 2.05) is 24.3 Å². The molecule has 3 aromatic heterocycles. The Balaban J connectivity index is 1.39. The van der Waals surface area contributed by atoms with Crippen molar-refractivity contribution in [1.82, 2.24) is 24.7 Å². The first kappa shape index (κ1) is 16.3. The monoisotopic (exact) mass is 400 g/mol. The maximum atomic E-state index is 6.18. The second-order valence-corrected chi connectivity index (χ2v) is 7.51. The molecule has 0 amide bonds. The largest absolute Gasteiger partial charge is 0.454 e. The quantitative estimate of drug-likeness (QED) is 0.549. The van der Waals surface area contributed by atoms with E-state index >= 15 is 0 Å². The highest BCUT2D eigenvalue weighted by Gasteiger charge is 2.14. The average molecular weight is 401 g/mol. The standard InChI is InChI=1S/C17H13ClN6O2S/c18-14-6-11-15(22-17(23-16(11)27-14)24-8-19-7-21-24)20-4-3-10-1-2-12-13(5-10)26-9-25-12/h1-2,5-8H,3-4,9H2,(H,20,22,23). The van der Waals surface area contributed by atoms with E-state index in [1.165, 1.54) is 22.3 Å². The van der Waals surface area contributed by atoms with Crippen LogP contribution in [0.25, 0.3) is 16.2 Å². The molecule has 10 heteroatoms. The molecule has 1 aliphatic heterocycles. The summed E-state index contributed by atoms with van der Waals surface area (Å²) in [6.45, 7) is 0.968. The van der Waals surface area contributed by atoms with Gasteiger partial charge in [0.05, 0.1) is 9.72 Å². The smallest absolute Gasteiger partial charge is 0.255 e. The van der Waals surface area contributed by atoms with Gasteiger partial charge in [0.25, 0.3) is 5.95 Å². The molecule has 0 atom stereocenters. The summed E-state index contributed by atoms with van der Waals surface area (Å²) in [5, 5.41) is 8.37. The molecule has 1 aliphatic rings. The first-order valence-electron chi connectivity index (χ1n) is 8.21. The topological polar surface area (TPSA) is 87.0 Å². The Morgan fingerprint density at radius 2 is 2.11 bits per heavy atom. The molecule has 27 heavy (non-hydrogen) atoms. The zero-order valence-electron chi connectivity index (χ0n) is 13.9. The van der Waals surface area contributed by atoms with Crippen LogP contribution in [0.5, 0.6) is 11.5 Å². The van der Waals surface area contributed by atoms with Crippen LogP contribution in [0.2, 0.25) is 4.34 Å². The summed E-state index contributed by atoms with van der Waals surface area (Å²) >= 11 is 7.58. The van der Waals surface area contributed by atoms with Gasteiger partial charge >= 0.3 is 0 Å². The first-order chi connectivity index (χ1) is 13.3. The van der Waals surface area contributed by atoms with Gasteiger partial charge in [-0.1, -0.05) is 17.7 Å². The van der Waals surface area contributed by atoms with Gasteiger partial charge in [0.1, 0.15) is 23.3 Å². The van der Waals surface area contributed by atoms with Gasteiger partial charge in [0.2, 0.25) is 6.79 Å². The van der Waals surface area contributed by atoms with Crippen LogP contribution in [-0.2, 0) is 6.42 Å². The van der Waals surface area contributed by atoms with Crippen molar-refractivity contribution in [2.75, 3.05) is 18.7 Å². The van der Waals surface area contributed by atoms with Gasteiger partial charge in [-0.15, -0.1) is 11.3 Å². The molecular formula is C17H13ClN6O2S. The van der Waals surface area contributed by atoms with E-state index in [-0.39, 0.29) is 6.79 Å². The van der Waals surface area contributed by atoms with Crippen LogP contribution in [-0.4, -0.2) is 38.1 Å². The molecule has 0 unspecified atom stereocenters.